The minimum absolute atomic E-state index is 0.00924. The summed E-state index contributed by atoms with van der Waals surface area (Å²) in [5.41, 5.74) is 4.05. The van der Waals surface area contributed by atoms with E-state index in [2.05, 4.69) is 11.1 Å². The average molecular weight is 249 g/mol. The molecular formula is C13H15NO2S. The zero-order valence-corrected chi connectivity index (χ0v) is 11.0. The third-order valence-electron chi connectivity index (χ3n) is 2.69. The number of rotatable bonds is 3. The van der Waals surface area contributed by atoms with Gasteiger partial charge in [0.25, 0.3) is 0 Å². The maximum Gasteiger partial charge on any atom is 0.123 e. The van der Waals surface area contributed by atoms with Crippen molar-refractivity contribution >= 4 is 11.3 Å². The van der Waals surface area contributed by atoms with E-state index in [1.807, 2.05) is 25.3 Å². The Morgan fingerprint density at radius 2 is 2.06 bits per heavy atom. The van der Waals surface area contributed by atoms with Crippen molar-refractivity contribution in [2.24, 2.45) is 0 Å². The fourth-order valence-corrected chi connectivity index (χ4v) is 2.64. The Labute approximate surface area is 105 Å². The van der Waals surface area contributed by atoms with Crippen molar-refractivity contribution in [2.45, 2.75) is 20.5 Å². The standard InChI is InChI=1S/C13H15NO2S/c1-8-5-12(16-3)9(2)4-11(8)13-14-10(6-15)7-17-13/h4-5,7,15H,6H2,1-3H3. The Kier molecular flexibility index (Phi) is 3.45. The van der Waals surface area contributed by atoms with Gasteiger partial charge in [-0.1, -0.05) is 0 Å². The highest BCUT2D eigenvalue weighted by molar-refractivity contribution is 7.13. The molecule has 0 fully saturated rings. The zero-order chi connectivity index (χ0) is 12.4. The lowest BCUT2D eigenvalue weighted by Crippen LogP contribution is -1.91. The molecule has 0 aliphatic rings. The van der Waals surface area contributed by atoms with Crippen LogP contribution < -0.4 is 4.74 Å². The Hall–Kier alpha value is -1.39. The highest BCUT2D eigenvalue weighted by atomic mass is 32.1. The molecule has 0 aliphatic carbocycles. The van der Waals surface area contributed by atoms with Gasteiger partial charge < -0.3 is 9.84 Å². The van der Waals surface area contributed by atoms with Gasteiger partial charge in [0.2, 0.25) is 0 Å². The zero-order valence-electron chi connectivity index (χ0n) is 10.2. The highest BCUT2D eigenvalue weighted by Gasteiger charge is 2.10. The summed E-state index contributed by atoms with van der Waals surface area (Å²) >= 11 is 1.55. The molecule has 1 N–H and O–H groups in total. The van der Waals surface area contributed by atoms with Crippen LogP contribution in [0.4, 0.5) is 0 Å². The molecule has 0 saturated heterocycles. The number of aromatic nitrogens is 1. The third kappa shape index (κ3) is 2.33. The summed E-state index contributed by atoms with van der Waals surface area (Å²) in [6.07, 6.45) is 0. The van der Waals surface area contributed by atoms with Crippen molar-refractivity contribution in [3.8, 4) is 16.3 Å². The second-order valence-corrected chi connectivity index (χ2v) is 4.80. The Morgan fingerprint density at radius 1 is 1.29 bits per heavy atom. The lowest BCUT2D eigenvalue weighted by Gasteiger charge is -2.09. The van der Waals surface area contributed by atoms with Crippen LogP contribution in [0.25, 0.3) is 10.6 Å². The van der Waals surface area contributed by atoms with Crippen LogP contribution in [0.2, 0.25) is 0 Å². The number of methoxy groups -OCH3 is 1. The van der Waals surface area contributed by atoms with Crippen LogP contribution >= 0.6 is 11.3 Å². The van der Waals surface area contributed by atoms with Crippen molar-refractivity contribution < 1.29 is 9.84 Å². The van der Waals surface area contributed by atoms with E-state index in [0.29, 0.717) is 0 Å². The van der Waals surface area contributed by atoms with E-state index in [-0.39, 0.29) is 6.61 Å². The summed E-state index contributed by atoms with van der Waals surface area (Å²) < 4.78 is 5.29. The van der Waals surface area contributed by atoms with Crippen LogP contribution in [-0.4, -0.2) is 17.2 Å². The van der Waals surface area contributed by atoms with Gasteiger partial charge in [-0.25, -0.2) is 4.98 Å². The quantitative estimate of drug-likeness (QED) is 0.909. The molecule has 0 radical (unpaired) electrons. The minimum atomic E-state index is -0.00924. The van der Waals surface area contributed by atoms with Gasteiger partial charge in [-0.15, -0.1) is 11.3 Å². The number of hydrogen-bond acceptors (Lipinski definition) is 4. The Balaban J connectivity index is 2.48. The number of nitrogens with zero attached hydrogens (tertiary/aromatic N) is 1. The summed E-state index contributed by atoms with van der Waals surface area (Å²) in [6, 6.07) is 4.10. The molecule has 1 heterocycles. The van der Waals surface area contributed by atoms with E-state index >= 15 is 0 Å². The molecule has 0 atom stereocenters. The molecule has 1 aromatic heterocycles. The summed E-state index contributed by atoms with van der Waals surface area (Å²) in [4.78, 5) is 4.38. The van der Waals surface area contributed by atoms with Crippen molar-refractivity contribution in [2.75, 3.05) is 7.11 Å². The molecule has 17 heavy (non-hydrogen) atoms. The van der Waals surface area contributed by atoms with Crippen LogP contribution in [0.1, 0.15) is 16.8 Å². The summed E-state index contributed by atoms with van der Waals surface area (Å²) in [7, 11) is 1.68. The van der Waals surface area contributed by atoms with Gasteiger partial charge in [0.1, 0.15) is 10.8 Å². The number of ether oxygens (including phenoxy) is 1. The monoisotopic (exact) mass is 249 g/mol. The number of aryl methyl sites for hydroxylation is 2. The molecule has 0 spiro atoms. The van der Waals surface area contributed by atoms with E-state index in [1.165, 1.54) is 0 Å². The van der Waals surface area contributed by atoms with Crippen molar-refractivity contribution in [1.82, 2.24) is 4.98 Å². The first kappa shape index (κ1) is 12.1. The molecule has 0 bridgehead atoms. The van der Waals surface area contributed by atoms with E-state index in [0.717, 1.165) is 33.1 Å². The molecular weight excluding hydrogens is 234 g/mol. The van der Waals surface area contributed by atoms with Gasteiger partial charge in [0.15, 0.2) is 0 Å². The lowest BCUT2D eigenvalue weighted by molar-refractivity contribution is 0.278. The van der Waals surface area contributed by atoms with E-state index < -0.39 is 0 Å². The van der Waals surface area contributed by atoms with Crippen LogP contribution in [0.15, 0.2) is 17.5 Å². The number of aliphatic hydroxyl groups excluding tert-OH is 1. The second-order valence-electron chi connectivity index (χ2n) is 3.94. The Morgan fingerprint density at radius 3 is 2.65 bits per heavy atom. The fourth-order valence-electron chi connectivity index (χ4n) is 1.74. The van der Waals surface area contributed by atoms with Crippen LogP contribution in [-0.2, 0) is 6.61 Å². The summed E-state index contributed by atoms with van der Waals surface area (Å²) in [5, 5.41) is 11.9. The second kappa shape index (κ2) is 4.85. The Bertz CT molecular complexity index is 534. The first-order valence-electron chi connectivity index (χ1n) is 5.36. The van der Waals surface area contributed by atoms with Gasteiger partial charge in [0, 0.05) is 10.9 Å². The fraction of sp³-hybridized carbons (Fsp3) is 0.308. The maximum atomic E-state index is 9.03. The van der Waals surface area contributed by atoms with Gasteiger partial charge in [-0.05, 0) is 37.1 Å². The van der Waals surface area contributed by atoms with E-state index in [1.54, 1.807) is 18.4 Å². The first-order valence-corrected chi connectivity index (χ1v) is 6.24. The van der Waals surface area contributed by atoms with Crippen LogP contribution in [0.5, 0.6) is 5.75 Å². The number of thiazole rings is 1. The molecule has 90 valence electrons. The smallest absolute Gasteiger partial charge is 0.123 e. The SMILES string of the molecule is COc1cc(C)c(-c2nc(CO)cs2)cc1C. The molecule has 3 nitrogen and oxygen atoms in total. The van der Waals surface area contributed by atoms with E-state index in [9.17, 15) is 0 Å². The average Bonchev–Trinajstić information content (AvgIpc) is 2.80. The molecule has 0 saturated carbocycles. The number of hydrogen-bond donors (Lipinski definition) is 1. The van der Waals surface area contributed by atoms with Gasteiger partial charge >= 0.3 is 0 Å². The first-order chi connectivity index (χ1) is 8.15. The molecule has 4 heteroatoms. The van der Waals surface area contributed by atoms with E-state index in [4.69, 9.17) is 9.84 Å². The van der Waals surface area contributed by atoms with Gasteiger partial charge in [-0.3, -0.25) is 0 Å². The third-order valence-corrected chi connectivity index (χ3v) is 3.61. The van der Waals surface area contributed by atoms with Crippen molar-refractivity contribution in [1.29, 1.82) is 0 Å². The predicted octanol–water partition coefficient (Wildman–Crippen LogP) is 2.93. The van der Waals surface area contributed by atoms with Gasteiger partial charge in [-0.2, -0.15) is 0 Å². The summed E-state index contributed by atoms with van der Waals surface area (Å²) in [6.45, 7) is 4.05. The largest absolute Gasteiger partial charge is 0.496 e. The normalized spacial score (nSPS) is 10.6. The number of aliphatic hydroxyl groups is 1. The topological polar surface area (TPSA) is 42.4 Å². The molecule has 0 aliphatic heterocycles. The van der Waals surface area contributed by atoms with Crippen LogP contribution in [0, 0.1) is 13.8 Å². The van der Waals surface area contributed by atoms with Gasteiger partial charge in [0.05, 0.1) is 19.4 Å². The molecule has 2 aromatic rings. The number of benzene rings is 1. The van der Waals surface area contributed by atoms with Crippen LogP contribution in [0.3, 0.4) is 0 Å². The molecule has 0 amide bonds. The van der Waals surface area contributed by atoms with Crippen molar-refractivity contribution in [3.05, 3.63) is 34.3 Å². The van der Waals surface area contributed by atoms with Crippen molar-refractivity contribution in [3.63, 3.8) is 0 Å². The molecule has 0 unspecified atom stereocenters. The predicted molar refractivity (Wildman–Crippen MR) is 69.5 cm³/mol. The molecule has 1 aromatic carbocycles. The maximum absolute atomic E-state index is 9.03. The minimum Gasteiger partial charge on any atom is -0.496 e. The summed E-state index contributed by atoms with van der Waals surface area (Å²) in [5.74, 6) is 0.894. The lowest BCUT2D eigenvalue weighted by atomic mass is 10.1. The highest BCUT2D eigenvalue weighted by Crippen LogP contribution is 2.31. The molecule has 2 rings (SSSR count).